The Morgan fingerprint density at radius 3 is 2.50 bits per heavy atom. The molecule has 1 saturated carbocycles. The molecule has 30 heavy (non-hydrogen) atoms. The van der Waals surface area contributed by atoms with E-state index < -0.39 is 21.8 Å². The van der Waals surface area contributed by atoms with Crippen molar-refractivity contribution in [2.24, 2.45) is 0 Å². The van der Waals surface area contributed by atoms with Gasteiger partial charge in [0.25, 0.3) is 5.91 Å². The summed E-state index contributed by atoms with van der Waals surface area (Å²) in [6.07, 6.45) is 6.88. The average Bonchev–Trinajstić information content (AvgIpc) is 3.21. The number of hydrogen-bond donors (Lipinski definition) is 1. The van der Waals surface area contributed by atoms with Gasteiger partial charge in [-0.15, -0.1) is 0 Å². The molecule has 2 aromatic rings. The van der Waals surface area contributed by atoms with E-state index in [4.69, 9.17) is 4.74 Å². The van der Waals surface area contributed by atoms with Crippen molar-refractivity contribution in [3.8, 4) is 11.6 Å². The Bertz CT molecular complexity index is 1030. The molecule has 0 aliphatic heterocycles. The normalized spacial score (nSPS) is 16.0. The Hall–Kier alpha value is -2.74. The van der Waals surface area contributed by atoms with Gasteiger partial charge in [0.1, 0.15) is 17.1 Å². The van der Waals surface area contributed by atoms with Gasteiger partial charge in [0.15, 0.2) is 9.84 Å². The van der Waals surface area contributed by atoms with Crippen LogP contribution in [0.2, 0.25) is 0 Å². The minimum Gasteiger partial charge on any atom is -0.438 e. The lowest BCUT2D eigenvalue weighted by Gasteiger charge is -2.17. The monoisotopic (exact) mass is 429 g/mol. The van der Waals surface area contributed by atoms with Crippen LogP contribution in [0.4, 0.5) is 0 Å². The lowest BCUT2D eigenvalue weighted by atomic mass is 10.1. The fourth-order valence-corrected chi connectivity index (χ4v) is 3.98. The molecule has 1 atom stereocenters. The van der Waals surface area contributed by atoms with E-state index in [1.165, 1.54) is 6.08 Å². The van der Waals surface area contributed by atoms with Crippen molar-refractivity contribution in [3.63, 3.8) is 0 Å². The number of ether oxygens (including phenoxy) is 1. The van der Waals surface area contributed by atoms with E-state index >= 15 is 0 Å². The van der Waals surface area contributed by atoms with Gasteiger partial charge in [0, 0.05) is 23.6 Å². The van der Waals surface area contributed by atoms with Crippen molar-refractivity contribution in [2.45, 2.75) is 51.5 Å². The Morgan fingerprint density at radius 1 is 1.20 bits per heavy atom. The van der Waals surface area contributed by atoms with Gasteiger partial charge in [-0.05, 0) is 38.8 Å². The Morgan fingerprint density at radius 2 is 1.87 bits per heavy atom. The zero-order valence-corrected chi connectivity index (χ0v) is 18.3. The van der Waals surface area contributed by atoms with Gasteiger partial charge < -0.3 is 10.1 Å². The molecule has 1 unspecified atom stereocenters. The summed E-state index contributed by atoms with van der Waals surface area (Å²) in [7, 11) is -3.27. The summed E-state index contributed by atoms with van der Waals surface area (Å²) >= 11 is 0. The molecule has 1 aliphatic carbocycles. The van der Waals surface area contributed by atoms with Gasteiger partial charge in [-0.3, -0.25) is 4.79 Å². The minimum absolute atomic E-state index is 0.215. The highest BCUT2D eigenvalue weighted by molar-refractivity contribution is 7.93. The van der Waals surface area contributed by atoms with Gasteiger partial charge >= 0.3 is 0 Å². The maximum atomic E-state index is 13.0. The van der Waals surface area contributed by atoms with Crippen LogP contribution in [-0.2, 0) is 9.84 Å². The van der Waals surface area contributed by atoms with Crippen LogP contribution in [0.25, 0.3) is 0 Å². The van der Waals surface area contributed by atoms with Gasteiger partial charge in [-0.2, -0.15) is 4.98 Å². The number of benzene rings is 1. The van der Waals surface area contributed by atoms with E-state index in [0.29, 0.717) is 17.3 Å². The van der Waals surface area contributed by atoms with Crippen LogP contribution in [0.15, 0.2) is 41.8 Å². The SMILES string of the molecule is Cc1nc(C2CCCC2)nc(Oc2ccccc2)c1C(=O)NC(C)C=CS(C)(=O)=O. The van der Waals surface area contributed by atoms with Crippen molar-refractivity contribution in [2.75, 3.05) is 6.26 Å². The topological polar surface area (TPSA) is 98.2 Å². The first-order chi connectivity index (χ1) is 14.2. The van der Waals surface area contributed by atoms with Gasteiger partial charge in [-0.25, -0.2) is 13.4 Å². The van der Waals surface area contributed by atoms with Gasteiger partial charge in [-0.1, -0.05) is 37.1 Å². The van der Waals surface area contributed by atoms with E-state index in [2.05, 4.69) is 15.3 Å². The van der Waals surface area contributed by atoms with Crippen LogP contribution >= 0.6 is 0 Å². The molecule has 0 radical (unpaired) electrons. The first-order valence-electron chi connectivity index (χ1n) is 10.0. The predicted molar refractivity (Wildman–Crippen MR) is 115 cm³/mol. The quantitative estimate of drug-likeness (QED) is 0.716. The zero-order valence-electron chi connectivity index (χ0n) is 17.5. The van der Waals surface area contributed by atoms with E-state index in [0.717, 1.165) is 37.3 Å². The number of nitrogens with zero attached hydrogens (tertiary/aromatic N) is 2. The number of aryl methyl sites for hydroxylation is 1. The largest absolute Gasteiger partial charge is 0.438 e. The molecule has 1 fully saturated rings. The lowest BCUT2D eigenvalue weighted by Crippen LogP contribution is -2.32. The molecule has 7 nitrogen and oxygen atoms in total. The highest BCUT2D eigenvalue weighted by Gasteiger charge is 2.26. The highest BCUT2D eigenvalue weighted by Crippen LogP contribution is 2.34. The van der Waals surface area contributed by atoms with Crippen LogP contribution in [0.5, 0.6) is 11.6 Å². The van der Waals surface area contributed by atoms with E-state index in [9.17, 15) is 13.2 Å². The fraction of sp³-hybridized carbons (Fsp3) is 0.409. The van der Waals surface area contributed by atoms with Crippen molar-refractivity contribution in [1.29, 1.82) is 0 Å². The summed E-state index contributed by atoms with van der Waals surface area (Å²) in [5.41, 5.74) is 0.787. The molecular weight excluding hydrogens is 402 g/mol. The number of aromatic nitrogens is 2. The third-order valence-electron chi connectivity index (χ3n) is 4.95. The second-order valence-electron chi connectivity index (χ2n) is 7.66. The molecule has 3 rings (SSSR count). The van der Waals surface area contributed by atoms with E-state index in [1.807, 2.05) is 18.2 Å². The molecule has 0 saturated heterocycles. The Kier molecular flexibility index (Phi) is 6.87. The summed E-state index contributed by atoms with van der Waals surface area (Å²) < 4.78 is 28.6. The third kappa shape index (κ3) is 5.89. The van der Waals surface area contributed by atoms with E-state index in [1.54, 1.807) is 26.0 Å². The van der Waals surface area contributed by atoms with Crippen LogP contribution in [0, 0.1) is 6.92 Å². The standard InChI is InChI=1S/C22H27N3O4S/c1-15(13-14-30(3,27)28)23-21(26)19-16(2)24-20(17-9-7-8-10-17)25-22(19)29-18-11-5-4-6-12-18/h4-6,11-15,17H,7-10H2,1-3H3,(H,23,26). The maximum Gasteiger partial charge on any atom is 0.259 e. The summed E-state index contributed by atoms with van der Waals surface area (Å²) in [5.74, 6) is 1.36. The zero-order chi connectivity index (χ0) is 21.7. The number of carbonyl (C=O) groups excluding carboxylic acids is 1. The molecule has 1 amide bonds. The maximum absolute atomic E-state index is 13.0. The van der Waals surface area contributed by atoms with Crippen LogP contribution in [0.1, 0.15) is 60.4 Å². The molecule has 0 spiro atoms. The van der Waals surface area contributed by atoms with Crippen LogP contribution < -0.4 is 10.1 Å². The summed E-state index contributed by atoms with van der Waals surface area (Å²) in [5, 5.41) is 3.85. The molecular formula is C22H27N3O4S. The Labute approximate surface area is 177 Å². The smallest absolute Gasteiger partial charge is 0.259 e. The third-order valence-corrected chi connectivity index (χ3v) is 5.60. The summed E-state index contributed by atoms with van der Waals surface area (Å²) in [6.45, 7) is 3.46. The number of para-hydroxylation sites is 1. The summed E-state index contributed by atoms with van der Waals surface area (Å²) in [4.78, 5) is 22.2. The first-order valence-corrected chi connectivity index (χ1v) is 12.0. The molecule has 160 valence electrons. The van der Waals surface area contributed by atoms with Crippen LogP contribution in [-0.4, -0.2) is 36.6 Å². The number of carbonyl (C=O) groups is 1. The molecule has 1 aromatic carbocycles. The average molecular weight is 430 g/mol. The number of rotatable bonds is 7. The number of amides is 1. The molecule has 0 bridgehead atoms. The first kappa shape index (κ1) is 22.0. The predicted octanol–water partition coefficient (Wildman–Crippen LogP) is 3.91. The molecule has 1 N–H and O–H groups in total. The lowest BCUT2D eigenvalue weighted by molar-refractivity contribution is 0.0942. The molecule has 1 aliphatic rings. The second kappa shape index (κ2) is 9.38. The fourth-order valence-electron chi connectivity index (χ4n) is 3.46. The van der Waals surface area contributed by atoms with Gasteiger partial charge in [0.2, 0.25) is 5.88 Å². The van der Waals surface area contributed by atoms with Gasteiger partial charge in [0.05, 0.1) is 5.69 Å². The van der Waals surface area contributed by atoms with Crippen LogP contribution in [0.3, 0.4) is 0 Å². The molecule has 1 aromatic heterocycles. The molecule has 8 heteroatoms. The number of nitrogens with one attached hydrogen (secondary N) is 1. The minimum atomic E-state index is -3.27. The number of hydrogen-bond acceptors (Lipinski definition) is 6. The molecule has 1 heterocycles. The number of sulfone groups is 1. The highest BCUT2D eigenvalue weighted by atomic mass is 32.2. The Balaban J connectivity index is 1.92. The van der Waals surface area contributed by atoms with E-state index in [-0.39, 0.29) is 17.4 Å². The van der Waals surface area contributed by atoms with Crippen molar-refractivity contribution in [3.05, 3.63) is 58.9 Å². The van der Waals surface area contributed by atoms with Crippen molar-refractivity contribution in [1.82, 2.24) is 15.3 Å². The van der Waals surface area contributed by atoms with Crippen molar-refractivity contribution < 1.29 is 17.9 Å². The second-order valence-corrected chi connectivity index (χ2v) is 9.60. The van der Waals surface area contributed by atoms with Crippen molar-refractivity contribution >= 4 is 15.7 Å². The summed E-state index contributed by atoms with van der Waals surface area (Å²) in [6, 6.07) is 8.67.